The van der Waals surface area contributed by atoms with Crippen LogP contribution in [0.2, 0.25) is 0 Å². The first-order valence-corrected chi connectivity index (χ1v) is 9.18. The quantitative estimate of drug-likeness (QED) is 0.345. The standard InChI is InChI=1S/C9H20O8S2/c1-18(10,11)16-8-6-14-4-3-5-15-7-9-17-19(2,12)13/h3-9H2,1-2H3. The van der Waals surface area contributed by atoms with Crippen molar-refractivity contribution in [3.8, 4) is 0 Å². The Morgan fingerprint density at radius 2 is 1.00 bits per heavy atom. The first-order chi connectivity index (χ1) is 8.71. The third-order valence-electron chi connectivity index (χ3n) is 1.63. The van der Waals surface area contributed by atoms with E-state index in [1.165, 1.54) is 0 Å². The van der Waals surface area contributed by atoms with Crippen molar-refractivity contribution >= 4 is 20.2 Å². The molecule has 10 heteroatoms. The van der Waals surface area contributed by atoms with Crippen LogP contribution in [0.3, 0.4) is 0 Å². The van der Waals surface area contributed by atoms with Gasteiger partial charge in [-0.05, 0) is 6.42 Å². The fraction of sp³-hybridized carbons (Fsp3) is 1.00. The molecule has 0 spiro atoms. The van der Waals surface area contributed by atoms with Gasteiger partial charge in [0.1, 0.15) is 0 Å². The van der Waals surface area contributed by atoms with Crippen LogP contribution in [0.5, 0.6) is 0 Å². The first-order valence-electron chi connectivity index (χ1n) is 5.55. The third-order valence-corrected chi connectivity index (χ3v) is 2.82. The van der Waals surface area contributed by atoms with Crippen molar-refractivity contribution in [1.82, 2.24) is 0 Å². The van der Waals surface area contributed by atoms with Crippen LogP contribution in [0.1, 0.15) is 6.42 Å². The molecule has 0 saturated carbocycles. The second-order valence-electron chi connectivity index (χ2n) is 3.63. The number of rotatable bonds is 12. The molecule has 0 aliphatic carbocycles. The Bertz CT molecular complexity index is 374. The molecule has 0 radical (unpaired) electrons. The van der Waals surface area contributed by atoms with E-state index in [0.29, 0.717) is 19.6 Å². The average Bonchev–Trinajstić information content (AvgIpc) is 2.22. The number of hydrogen-bond acceptors (Lipinski definition) is 8. The molecule has 0 aromatic rings. The van der Waals surface area contributed by atoms with Crippen LogP contribution >= 0.6 is 0 Å². The molecule has 0 N–H and O–H groups in total. The van der Waals surface area contributed by atoms with E-state index in [0.717, 1.165) is 12.5 Å². The zero-order chi connectivity index (χ0) is 14.8. The summed E-state index contributed by atoms with van der Waals surface area (Å²) in [6.45, 7) is 1.15. The third kappa shape index (κ3) is 17.7. The summed E-state index contributed by atoms with van der Waals surface area (Å²) < 4.78 is 61.5. The summed E-state index contributed by atoms with van der Waals surface area (Å²) >= 11 is 0. The normalized spacial score (nSPS) is 12.7. The van der Waals surface area contributed by atoms with Gasteiger partial charge >= 0.3 is 0 Å². The Morgan fingerprint density at radius 3 is 1.32 bits per heavy atom. The molecule has 0 aromatic carbocycles. The van der Waals surface area contributed by atoms with E-state index in [1.807, 2.05) is 0 Å². The molecule has 116 valence electrons. The highest BCUT2D eigenvalue weighted by Crippen LogP contribution is 1.90. The van der Waals surface area contributed by atoms with Crippen molar-refractivity contribution in [2.24, 2.45) is 0 Å². The maximum Gasteiger partial charge on any atom is 0.264 e. The zero-order valence-corrected chi connectivity index (χ0v) is 12.7. The monoisotopic (exact) mass is 320 g/mol. The molecular formula is C9H20O8S2. The van der Waals surface area contributed by atoms with Gasteiger partial charge in [0, 0.05) is 13.2 Å². The minimum atomic E-state index is -3.41. The van der Waals surface area contributed by atoms with Gasteiger partial charge in [0.15, 0.2) is 0 Å². The fourth-order valence-corrected chi connectivity index (χ4v) is 1.70. The van der Waals surface area contributed by atoms with Crippen LogP contribution in [0, 0.1) is 0 Å². The molecular weight excluding hydrogens is 300 g/mol. The minimum absolute atomic E-state index is 0.0120. The lowest BCUT2D eigenvalue weighted by atomic mass is 10.5. The highest BCUT2D eigenvalue weighted by Gasteiger charge is 2.01. The van der Waals surface area contributed by atoms with Gasteiger partial charge in [-0.1, -0.05) is 0 Å². The van der Waals surface area contributed by atoms with Gasteiger partial charge in [-0.2, -0.15) is 16.8 Å². The summed E-state index contributed by atoms with van der Waals surface area (Å²) in [5.41, 5.74) is 0. The van der Waals surface area contributed by atoms with Gasteiger partial charge < -0.3 is 9.47 Å². The smallest absolute Gasteiger partial charge is 0.264 e. The summed E-state index contributed by atoms with van der Waals surface area (Å²) in [4.78, 5) is 0. The van der Waals surface area contributed by atoms with Crippen LogP contribution < -0.4 is 0 Å². The van der Waals surface area contributed by atoms with Gasteiger partial charge in [0.2, 0.25) is 0 Å². The molecule has 0 rings (SSSR count). The van der Waals surface area contributed by atoms with Crippen molar-refractivity contribution in [1.29, 1.82) is 0 Å². The molecule has 0 bridgehead atoms. The molecule has 0 heterocycles. The molecule has 0 aliphatic heterocycles. The van der Waals surface area contributed by atoms with Crippen molar-refractivity contribution < 1.29 is 34.7 Å². The Kier molecular flexibility index (Phi) is 9.48. The second-order valence-corrected chi connectivity index (χ2v) is 6.92. The molecule has 0 fully saturated rings. The lowest BCUT2D eigenvalue weighted by Crippen LogP contribution is -2.12. The van der Waals surface area contributed by atoms with Crippen molar-refractivity contribution in [2.45, 2.75) is 6.42 Å². The molecule has 0 amide bonds. The van der Waals surface area contributed by atoms with E-state index in [9.17, 15) is 16.8 Å². The zero-order valence-electron chi connectivity index (χ0n) is 11.0. The van der Waals surface area contributed by atoms with Gasteiger partial charge in [-0.15, -0.1) is 0 Å². The molecule has 19 heavy (non-hydrogen) atoms. The second kappa shape index (κ2) is 9.61. The lowest BCUT2D eigenvalue weighted by Gasteiger charge is -2.05. The van der Waals surface area contributed by atoms with Crippen LogP contribution in [0.25, 0.3) is 0 Å². The van der Waals surface area contributed by atoms with Gasteiger partial charge in [0.25, 0.3) is 20.2 Å². The summed E-state index contributed by atoms with van der Waals surface area (Å²) in [5, 5.41) is 0. The first kappa shape index (κ1) is 18.7. The lowest BCUT2D eigenvalue weighted by molar-refractivity contribution is 0.0601. The molecule has 8 nitrogen and oxygen atoms in total. The largest absolute Gasteiger partial charge is 0.379 e. The van der Waals surface area contributed by atoms with E-state index in [1.54, 1.807) is 0 Å². The number of ether oxygens (including phenoxy) is 2. The van der Waals surface area contributed by atoms with E-state index in [-0.39, 0.29) is 26.4 Å². The Morgan fingerprint density at radius 1 is 0.632 bits per heavy atom. The maximum atomic E-state index is 10.6. The van der Waals surface area contributed by atoms with Gasteiger partial charge in [-0.25, -0.2) is 0 Å². The highest BCUT2D eigenvalue weighted by molar-refractivity contribution is 7.86. The Labute approximate surface area is 114 Å². The Balaban J connectivity index is 3.20. The van der Waals surface area contributed by atoms with E-state index >= 15 is 0 Å². The minimum Gasteiger partial charge on any atom is -0.379 e. The average molecular weight is 320 g/mol. The molecule has 0 atom stereocenters. The summed E-state index contributed by atoms with van der Waals surface area (Å²) in [6, 6.07) is 0. The maximum absolute atomic E-state index is 10.6. The summed E-state index contributed by atoms with van der Waals surface area (Å²) in [7, 11) is -6.82. The molecule has 0 aliphatic rings. The van der Waals surface area contributed by atoms with Crippen LogP contribution in [-0.2, 0) is 38.1 Å². The van der Waals surface area contributed by atoms with Crippen molar-refractivity contribution in [3.05, 3.63) is 0 Å². The van der Waals surface area contributed by atoms with E-state index < -0.39 is 20.2 Å². The van der Waals surface area contributed by atoms with Gasteiger partial charge in [0.05, 0.1) is 38.9 Å². The molecule has 0 unspecified atom stereocenters. The van der Waals surface area contributed by atoms with Crippen molar-refractivity contribution in [2.75, 3.05) is 52.2 Å². The van der Waals surface area contributed by atoms with Crippen LogP contribution in [0.4, 0.5) is 0 Å². The van der Waals surface area contributed by atoms with Crippen molar-refractivity contribution in [3.63, 3.8) is 0 Å². The van der Waals surface area contributed by atoms with E-state index in [4.69, 9.17) is 9.47 Å². The summed E-state index contributed by atoms with van der Waals surface area (Å²) in [6.07, 6.45) is 2.55. The molecule has 0 saturated heterocycles. The van der Waals surface area contributed by atoms with Crippen LogP contribution in [-0.4, -0.2) is 69.0 Å². The predicted octanol–water partition coefficient (Wildman–Crippen LogP) is -0.638. The van der Waals surface area contributed by atoms with Gasteiger partial charge in [-0.3, -0.25) is 8.37 Å². The summed E-state index contributed by atoms with van der Waals surface area (Å²) in [5.74, 6) is 0. The SMILES string of the molecule is CS(=O)(=O)OCCOCCCOCCOS(C)(=O)=O. The van der Waals surface area contributed by atoms with Crippen LogP contribution in [0.15, 0.2) is 0 Å². The predicted molar refractivity (Wildman–Crippen MR) is 67.8 cm³/mol. The van der Waals surface area contributed by atoms with E-state index in [2.05, 4.69) is 8.37 Å². The topological polar surface area (TPSA) is 105 Å². The fourth-order valence-electron chi connectivity index (χ4n) is 0.956. The molecule has 0 aromatic heterocycles. The Hall–Kier alpha value is -0.260. The highest BCUT2D eigenvalue weighted by atomic mass is 32.2. The number of hydrogen-bond donors (Lipinski definition) is 0.